The predicted octanol–water partition coefficient (Wildman–Crippen LogP) is 5.46. The van der Waals surface area contributed by atoms with Crippen LogP contribution in [-0.4, -0.2) is 40.4 Å². The van der Waals surface area contributed by atoms with E-state index in [2.05, 4.69) is 47.6 Å². The summed E-state index contributed by atoms with van der Waals surface area (Å²) in [7, 11) is 0. The van der Waals surface area contributed by atoms with E-state index in [0.29, 0.717) is 35.5 Å². The number of hydrogen-bond donors (Lipinski definition) is 3. The van der Waals surface area contributed by atoms with E-state index in [1.54, 1.807) is 0 Å². The molecule has 0 spiro atoms. The molecule has 0 amide bonds. The van der Waals surface area contributed by atoms with Gasteiger partial charge >= 0.3 is 0 Å². The van der Waals surface area contributed by atoms with Gasteiger partial charge in [-0.1, -0.05) is 59.3 Å². The van der Waals surface area contributed by atoms with E-state index in [4.69, 9.17) is 0 Å². The molecule has 1 unspecified atom stereocenters. The van der Waals surface area contributed by atoms with Crippen LogP contribution in [0.15, 0.2) is 23.3 Å². The van der Waals surface area contributed by atoms with Crippen LogP contribution in [-0.2, 0) is 4.79 Å². The van der Waals surface area contributed by atoms with Crippen LogP contribution in [0.5, 0.6) is 0 Å². The van der Waals surface area contributed by atoms with Gasteiger partial charge in [-0.05, 0) is 85.0 Å². The average molecular weight is 473 g/mol. The minimum Gasteiger partial charge on any atom is -0.392 e. The Labute approximate surface area is 206 Å². The largest absolute Gasteiger partial charge is 0.392 e. The maximum absolute atomic E-state index is 14.2. The zero-order valence-corrected chi connectivity index (χ0v) is 22.4. The summed E-state index contributed by atoms with van der Waals surface area (Å²) in [6.45, 7) is 13.7. The van der Waals surface area contributed by atoms with Crippen molar-refractivity contribution in [3.63, 3.8) is 0 Å². The molecular weight excluding hydrogens is 424 g/mol. The molecule has 8 atom stereocenters. The zero-order chi connectivity index (χ0) is 25.1. The van der Waals surface area contributed by atoms with Crippen LogP contribution < -0.4 is 0 Å². The molecule has 0 heterocycles. The summed E-state index contributed by atoms with van der Waals surface area (Å²) in [5.74, 6) is 2.09. The summed E-state index contributed by atoms with van der Waals surface area (Å²) >= 11 is 0. The number of carbonyl (C=O) groups is 1. The minimum absolute atomic E-state index is 0.00319. The molecule has 4 aliphatic carbocycles. The molecular formula is C30H48O4. The predicted molar refractivity (Wildman–Crippen MR) is 136 cm³/mol. The summed E-state index contributed by atoms with van der Waals surface area (Å²) in [6, 6.07) is 0. The highest BCUT2D eigenvalue weighted by Crippen LogP contribution is 2.74. The maximum atomic E-state index is 14.2. The van der Waals surface area contributed by atoms with Crippen molar-refractivity contribution in [2.75, 3.05) is 13.2 Å². The maximum Gasteiger partial charge on any atom is 0.140 e. The number of fused-ring (bicyclic) bond motifs is 5. The third-order valence-electron chi connectivity index (χ3n) is 11.8. The first kappa shape index (κ1) is 26.1. The quantitative estimate of drug-likeness (QED) is 0.449. The van der Waals surface area contributed by atoms with Crippen molar-refractivity contribution in [3.05, 3.63) is 23.3 Å². The topological polar surface area (TPSA) is 77.8 Å². The molecule has 0 aliphatic heterocycles. The molecule has 0 radical (unpaired) electrons. The molecule has 0 aromatic carbocycles. The van der Waals surface area contributed by atoms with Crippen LogP contribution in [0.25, 0.3) is 0 Å². The Morgan fingerprint density at radius 1 is 1.09 bits per heavy atom. The first-order chi connectivity index (χ1) is 15.9. The molecule has 0 bridgehead atoms. The molecule has 4 heteroatoms. The fourth-order valence-electron chi connectivity index (χ4n) is 9.31. The van der Waals surface area contributed by atoms with E-state index in [-0.39, 0.29) is 46.9 Å². The summed E-state index contributed by atoms with van der Waals surface area (Å²) in [5, 5.41) is 29.4. The molecule has 3 fully saturated rings. The van der Waals surface area contributed by atoms with Gasteiger partial charge in [0.05, 0.1) is 19.3 Å². The van der Waals surface area contributed by atoms with E-state index in [9.17, 15) is 20.1 Å². The summed E-state index contributed by atoms with van der Waals surface area (Å²) < 4.78 is 0. The summed E-state index contributed by atoms with van der Waals surface area (Å²) in [5.41, 5.74) is 1.60. The van der Waals surface area contributed by atoms with Crippen LogP contribution in [0.2, 0.25) is 0 Å². The van der Waals surface area contributed by atoms with Crippen molar-refractivity contribution in [2.45, 2.75) is 99.0 Å². The summed E-state index contributed by atoms with van der Waals surface area (Å²) in [6.07, 6.45) is 11.7. The van der Waals surface area contributed by atoms with Gasteiger partial charge in [-0.3, -0.25) is 4.79 Å². The smallest absolute Gasteiger partial charge is 0.140 e. The van der Waals surface area contributed by atoms with E-state index in [0.717, 1.165) is 32.1 Å². The van der Waals surface area contributed by atoms with Gasteiger partial charge in [0.1, 0.15) is 5.78 Å². The highest BCUT2D eigenvalue weighted by molar-refractivity contribution is 5.88. The van der Waals surface area contributed by atoms with Crippen molar-refractivity contribution >= 4 is 5.78 Å². The molecule has 0 aromatic heterocycles. The Morgan fingerprint density at radius 2 is 1.76 bits per heavy atom. The number of carbonyl (C=O) groups excluding carboxylic acids is 1. The Bertz CT molecular complexity index is 865. The van der Waals surface area contributed by atoms with Crippen molar-refractivity contribution in [1.82, 2.24) is 0 Å². The van der Waals surface area contributed by atoms with Crippen LogP contribution in [0.4, 0.5) is 0 Å². The van der Waals surface area contributed by atoms with Gasteiger partial charge in [0.2, 0.25) is 0 Å². The summed E-state index contributed by atoms with van der Waals surface area (Å²) in [4.78, 5) is 14.2. The lowest BCUT2D eigenvalue weighted by molar-refractivity contribution is -0.171. The number of aliphatic hydroxyl groups excluding tert-OH is 3. The number of ketones is 1. The van der Waals surface area contributed by atoms with Gasteiger partial charge in [0, 0.05) is 17.3 Å². The second-order valence-corrected chi connectivity index (χ2v) is 13.4. The van der Waals surface area contributed by atoms with E-state index in [1.807, 2.05) is 6.08 Å². The van der Waals surface area contributed by atoms with E-state index < -0.39 is 0 Å². The minimum atomic E-state index is -0.326. The van der Waals surface area contributed by atoms with Crippen molar-refractivity contribution in [1.29, 1.82) is 0 Å². The molecule has 34 heavy (non-hydrogen) atoms. The van der Waals surface area contributed by atoms with Crippen LogP contribution in [0, 0.1) is 45.3 Å². The number of Topliss-reactive ketones (excluding diaryl/α,β-unsaturated/α-hetero) is 1. The lowest BCUT2D eigenvalue weighted by Crippen LogP contribution is -2.63. The van der Waals surface area contributed by atoms with Gasteiger partial charge in [-0.25, -0.2) is 0 Å². The Morgan fingerprint density at radius 3 is 2.41 bits per heavy atom. The van der Waals surface area contributed by atoms with Gasteiger partial charge in [0.25, 0.3) is 0 Å². The molecule has 4 aliphatic rings. The molecule has 3 N–H and O–H groups in total. The third kappa shape index (κ3) is 3.53. The van der Waals surface area contributed by atoms with Crippen LogP contribution in [0.3, 0.4) is 0 Å². The lowest BCUT2D eigenvalue weighted by atomic mass is 9.38. The van der Waals surface area contributed by atoms with E-state index in [1.165, 1.54) is 18.4 Å². The van der Waals surface area contributed by atoms with Crippen molar-refractivity contribution in [2.24, 2.45) is 45.3 Å². The second kappa shape index (κ2) is 8.85. The Hall–Kier alpha value is -0.970. The van der Waals surface area contributed by atoms with Crippen LogP contribution >= 0.6 is 0 Å². The fourth-order valence-corrected chi connectivity index (χ4v) is 9.31. The van der Waals surface area contributed by atoms with Gasteiger partial charge in [-0.2, -0.15) is 0 Å². The van der Waals surface area contributed by atoms with E-state index >= 15 is 0 Å². The van der Waals surface area contributed by atoms with Crippen LogP contribution in [0.1, 0.15) is 92.9 Å². The molecule has 4 rings (SSSR count). The third-order valence-corrected chi connectivity index (χ3v) is 11.8. The Balaban J connectivity index is 1.63. The number of rotatable bonds is 6. The molecule has 3 saturated carbocycles. The van der Waals surface area contributed by atoms with Crippen molar-refractivity contribution < 1.29 is 20.1 Å². The SMILES string of the molecule is C[C@H](CCC=C(CO)CO)[C@H]1CC[C@@]2(C)C3CC=C4[C@@H](CC[C@H](O)C4(C)C)[C@]3(C)C(=O)C[C@]12C. The molecule has 4 nitrogen and oxygen atoms in total. The first-order valence-electron chi connectivity index (χ1n) is 13.7. The highest BCUT2D eigenvalue weighted by atomic mass is 16.3. The normalized spacial score (nSPS) is 43.9. The number of hydrogen-bond acceptors (Lipinski definition) is 4. The molecule has 0 aromatic rings. The van der Waals surface area contributed by atoms with Gasteiger partial charge in [0.15, 0.2) is 0 Å². The number of aliphatic hydroxyl groups is 3. The molecule has 192 valence electrons. The first-order valence-corrected chi connectivity index (χ1v) is 13.7. The monoisotopic (exact) mass is 472 g/mol. The van der Waals surface area contributed by atoms with Crippen molar-refractivity contribution in [3.8, 4) is 0 Å². The van der Waals surface area contributed by atoms with Gasteiger partial charge < -0.3 is 15.3 Å². The lowest BCUT2D eigenvalue weighted by Gasteiger charge is -2.64. The highest BCUT2D eigenvalue weighted by Gasteiger charge is 2.70. The molecule has 0 saturated heterocycles. The fraction of sp³-hybridized carbons (Fsp3) is 0.833. The Kier molecular flexibility index (Phi) is 6.80. The standard InChI is InChI=1S/C30H48O4/c1-19(8-7-9-20(17-31)18-32)21-14-15-28(4)24-12-10-22-23(11-13-25(33)27(22,2)3)30(24,6)26(34)16-29(21,28)5/h9-10,19,21,23-25,31-33H,7-8,11-18H2,1-6H3/t19-,21-,23-,24?,25+,28+,29-,30+/m1/s1. The van der Waals surface area contributed by atoms with Gasteiger partial charge in [-0.15, -0.1) is 0 Å². The second-order valence-electron chi connectivity index (χ2n) is 13.4. The zero-order valence-electron chi connectivity index (χ0n) is 22.4. The average Bonchev–Trinajstić information content (AvgIpc) is 3.05. The number of allylic oxidation sites excluding steroid dienone is 2.